The lowest BCUT2D eigenvalue weighted by molar-refractivity contribution is -0.138. The lowest BCUT2D eigenvalue weighted by Gasteiger charge is -2.43. The van der Waals surface area contributed by atoms with Crippen molar-refractivity contribution in [3.8, 4) is 11.8 Å². The number of amides is 1. The van der Waals surface area contributed by atoms with Crippen LogP contribution in [-0.4, -0.2) is 33.5 Å². The van der Waals surface area contributed by atoms with E-state index >= 15 is 0 Å². The molecule has 2 aromatic rings. The van der Waals surface area contributed by atoms with Crippen LogP contribution in [0.15, 0.2) is 30.5 Å². The number of aromatic nitrogens is 1. The number of ether oxygens (including phenoxy) is 1. The van der Waals surface area contributed by atoms with Gasteiger partial charge in [0.2, 0.25) is 0 Å². The highest BCUT2D eigenvalue weighted by atomic mass is 79.9. The second-order valence-electron chi connectivity index (χ2n) is 8.03. The molecule has 178 valence electrons. The molecule has 1 aliphatic heterocycles. The minimum atomic E-state index is -4.80. The molecule has 0 N–H and O–H groups in total. The molecule has 0 atom stereocenters. The molecule has 1 amide bonds. The molecule has 2 fully saturated rings. The first-order chi connectivity index (χ1) is 16.2. The molecule has 4 rings (SSSR count). The largest absolute Gasteiger partial charge is 0.492 e. The smallest absolute Gasteiger partial charge is 0.419 e. The number of nitriles is 1. The van der Waals surface area contributed by atoms with Crippen molar-refractivity contribution >= 4 is 50.5 Å². The molecule has 0 bridgehead atoms. The van der Waals surface area contributed by atoms with Crippen LogP contribution in [0.25, 0.3) is 0 Å². The highest BCUT2D eigenvalue weighted by Crippen LogP contribution is 2.48. The summed E-state index contributed by atoms with van der Waals surface area (Å²) in [5.41, 5.74) is -1.40. The third-order valence-corrected chi connectivity index (χ3v) is 6.84. The van der Waals surface area contributed by atoms with Crippen LogP contribution in [0, 0.1) is 11.3 Å². The predicted molar refractivity (Wildman–Crippen MR) is 128 cm³/mol. The van der Waals surface area contributed by atoms with Crippen molar-refractivity contribution in [2.24, 2.45) is 0 Å². The second kappa shape index (κ2) is 9.15. The van der Waals surface area contributed by atoms with Gasteiger partial charge < -0.3 is 9.64 Å². The van der Waals surface area contributed by atoms with Crippen molar-refractivity contribution in [1.82, 2.24) is 4.98 Å². The average Bonchev–Trinajstić information content (AvgIpc) is 3.03. The number of alkyl halides is 4. The summed E-state index contributed by atoms with van der Waals surface area (Å²) < 4.78 is 46.3. The van der Waals surface area contributed by atoms with Crippen molar-refractivity contribution in [2.75, 3.05) is 21.7 Å². The van der Waals surface area contributed by atoms with E-state index in [1.54, 1.807) is 4.90 Å². The molecule has 1 saturated carbocycles. The maximum Gasteiger partial charge on any atom is 0.419 e. The Balaban J connectivity index is 1.78. The minimum absolute atomic E-state index is 0.0838. The number of rotatable bonds is 6. The van der Waals surface area contributed by atoms with Gasteiger partial charge in [-0.25, -0.2) is 4.98 Å². The molecule has 0 unspecified atom stereocenters. The zero-order chi connectivity index (χ0) is 24.7. The van der Waals surface area contributed by atoms with E-state index in [0.29, 0.717) is 36.9 Å². The number of pyridine rings is 1. The first-order valence-corrected chi connectivity index (χ1v) is 12.2. The Morgan fingerprint density at radius 3 is 2.59 bits per heavy atom. The normalized spacial score (nSPS) is 17.2. The molecule has 1 aromatic heterocycles. The number of anilines is 2. The van der Waals surface area contributed by atoms with Crippen molar-refractivity contribution in [2.45, 2.75) is 44.3 Å². The quantitative estimate of drug-likeness (QED) is 0.354. The molecule has 11 heteroatoms. The van der Waals surface area contributed by atoms with Gasteiger partial charge in [0, 0.05) is 11.0 Å². The summed E-state index contributed by atoms with van der Waals surface area (Å²) in [4.78, 5) is 20.1. The molecule has 1 saturated heterocycles. The molecular weight excluding hydrogens is 533 g/mol. The van der Waals surface area contributed by atoms with E-state index in [0.717, 1.165) is 34.9 Å². The third-order valence-electron chi connectivity index (χ3n) is 6.15. The number of carbonyl (C=O) groups is 1. The van der Waals surface area contributed by atoms with Gasteiger partial charge in [-0.2, -0.15) is 18.4 Å². The molecule has 1 spiro atoms. The number of hydrogen-bond acceptors (Lipinski definition) is 5. The molecule has 6 nitrogen and oxygen atoms in total. The van der Waals surface area contributed by atoms with Gasteiger partial charge in [0.1, 0.15) is 17.4 Å². The van der Waals surface area contributed by atoms with Gasteiger partial charge >= 0.3 is 6.18 Å². The summed E-state index contributed by atoms with van der Waals surface area (Å²) in [5, 5.41) is 9.81. The minimum Gasteiger partial charge on any atom is -0.492 e. The Hall–Kier alpha value is -2.71. The van der Waals surface area contributed by atoms with Crippen LogP contribution in [0.5, 0.6) is 5.75 Å². The fraction of sp³-hybridized carbons (Fsp3) is 0.391. The van der Waals surface area contributed by atoms with Crippen molar-refractivity contribution in [1.29, 1.82) is 5.26 Å². The van der Waals surface area contributed by atoms with E-state index in [2.05, 4.69) is 20.9 Å². The number of hydrogen-bond donors (Lipinski definition) is 0. The van der Waals surface area contributed by atoms with E-state index < -0.39 is 23.0 Å². The van der Waals surface area contributed by atoms with Crippen molar-refractivity contribution < 1.29 is 22.7 Å². The summed E-state index contributed by atoms with van der Waals surface area (Å²) in [6, 6.07) is 7.76. The van der Waals surface area contributed by atoms with E-state index in [1.165, 1.54) is 6.07 Å². The van der Waals surface area contributed by atoms with Gasteiger partial charge in [0.25, 0.3) is 5.91 Å². The number of benzene rings is 1. The number of carbonyl (C=O) groups excluding carboxylic acids is 1. The number of thiocarbonyl (C=S) groups is 1. The Kier molecular flexibility index (Phi) is 6.57. The van der Waals surface area contributed by atoms with Crippen LogP contribution >= 0.6 is 28.1 Å². The van der Waals surface area contributed by atoms with Gasteiger partial charge in [-0.15, -0.1) is 0 Å². The first-order valence-electron chi connectivity index (χ1n) is 10.7. The topological polar surface area (TPSA) is 69.5 Å². The highest BCUT2D eigenvalue weighted by Gasteiger charge is 2.59. The third kappa shape index (κ3) is 3.92. The fourth-order valence-corrected chi connectivity index (χ4v) is 4.99. The van der Waals surface area contributed by atoms with Crippen LogP contribution in [0.3, 0.4) is 0 Å². The number of nitrogens with zero attached hydrogens (tertiary/aromatic N) is 4. The monoisotopic (exact) mass is 552 g/mol. The number of aryl methyl sites for hydroxylation is 1. The first kappa shape index (κ1) is 24.4. The average molecular weight is 553 g/mol. The Morgan fingerprint density at radius 2 is 2.03 bits per heavy atom. The maximum absolute atomic E-state index is 13.6. The van der Waals surface area contributed by atoms with E-state index in [1.807, 2.05) is 25.1 Å². The second-order valence-corrected chi connectivity index (χ2v) is 9.18. The standard InChI is InChI=1S/C23H20BrF3N4O2S/c1-2-14-10-15(4-5-19(14)33-9-8-24)31-21(34)30(20(32)22(31)6-3-7-22)16-11-17(23(25,26)27)18(12-28)29-13-16/h4-5,10-11,13H,2-3,6-9H2,1H3. The zero-order valence-electron chi connectivity index (χ0n) is 18.2. The summed E-state index contributed by atoms with van der Waals surface area (Å²) in [7, 11) is 0. The molecular formula is C23H20BrF3N4O2S. The van der Waals surface area contributed by atoms with Gasteiger partial charge in [-0.3, -0.25) is 9.69 Å². The SMILES string of the molecule is CCc1cc(N2C(=S)N(c3cnc(C#N)c(C(F)(F)F)c3)C(=O)C23CCC3)ccc1OCCBr. The molecule has 2 heterocycles. The Morgan fingerprint density at radius 1 is 1.29 bits per heavy atom. The van der Waals surface area contributed by atoms with E-state index in [9.17, 15) is 18.0 Å². The molecule has 1 aromatic carbocycles. The van der Waals surface area contributed by atoms with Crippen LogP contribution in [0.2, 0.25) is 0 Å². The number of halogens is 4. The van der Waals surface area contributed by atoms with Crippen molar-refractivity contribution in [3.63, 3.8) is 0 Å². The van der Waals surface area contributed by atoms with Crippen LogP contribution in [0.4, 0.5) is 24.5 Å². The molecule has 34 heavy (non-hydrogen) atoms. The predicted octanol–water partition coefficient (Wildman–Crippen LogP) is 5.37. The summed E-state index contributed by atoms with van der Waals surface area (Å²) in [6.45, 7) is 2.48. The van der Waals surface area contributed by atoms with Gasteiger partial charge in [-0.1, -0.05) is 22.9 Å². The van der Waals surface area contributed by atoms with Crippen molar-refractivity contribution in [3.05, 3.63) is 47.3 Å². The molecule has 0 radical (unpaired) electrons. The maximum atomic E-state index is 13.6. The van der Waals surface area contributed by atoms with Gasteiger partial charge in [0.15, 0.2) is 10.8 Å². The Labute approximate surface area is 208 Å². The van der Waals surface area contributed by atoms with Crippen LogP contribution < -0.4 is 14.5 Å². The summed E-state index contributed by atoms with van der Waals surface area (Å²) >= 11 is 8.99. The molecule has 1 aliphatic carbocycles. The highest BCUT2D eigenvalue weighted by molar-refractivity contribution is 9.09. The van der Waals surface area contributed by atoms with Gasteiger partial charge in [-0.05, 0) is 67.7 Å². The molecule has 2 aliphatic rings. The van der Waals surface area contributed by atoms with E-state index in [-0.39, 0.29) is 16.7 Å². The lowest BCUT2D eigenvalue weighted by Crippen LogP contribution is -2.55. The van der Waals surface area contributed by atoms with Gasteiger partial charge in [0.05, 0.1) is 24.1 Å². The summed E-state index contributed by atoms with van der Waals surface area (Å²) in [5.74, 6) is 0.341. The summed E-state index contributed by atoms with van der Waals surface area (Å²) in [6.07, 6.45) is -1.17. The fourth-order valence-electron chi connectivity index (χ4n) is 4.36. The van der Waals surface area contributed by atoms with Crippen LogP contribution in [0.1, 0.15) is 43.0 Å². The van der Waals surface area contributed by atoms with E-state index in [4.69, 9.17) is 22.2 Å². The Bertz CT molecular complexity index is 1190. The lowest BCUT2D eigenvalue weighted by atomic mass is 9.75. The van der Waals surface area contributed by atoms with Crippen LogP contribution in [-0.2, 0) is 17.4 Å². The zero-order valence-corrected chi connectivity index (χ0v) is 20.6.